The molecule has 0 radical (unpaired) electrons. The Bertz CT molecular complexity index is 731. The maximum Gasteiger partial charge on any atom is 0.119 e. The fraction of sp³-hybridized carbons (Fsp3) is 0.586. The molecule has 0 aromatic heterocycles. The summed E-state index contributed by atoms with van der Waals surface area (Å²) in [5, 5.41) is 10.6. The second-order valence-electron chi connectivity index (χ2n) is 9.48. The van der Waals surface area contributed by atoms with Crippen molar-refractivity contribution in [1.29, 1.82) is 0 Å². The van der Waals surface area contributed by atoms with Gasteiger partial charge in [-0.25, -0.2) is 0 Å². The Labute approximate surface area is 185 Å². The molecule has 0 fully saturated rings. The van der Waals surface area contributed by atoms with Gasteiger partial charge in [0.05, 0.1) is 0 Å². The van der Waals surface area contributed by atoms with Crippen molar-refractivity contribution >= 4 is 0 Å². The zero-order valence-corrected chi connectivity index (χ0v) is 19.9. The van der Waals surface area contributed by atoms with Crippen molar-refractivity contribution in [2.75, 3.05) is 0 Å². The summed E-state index contributed by atoms with van der Waals surface area (Å²) in [6, 6.07) is 16.8. The number of phenolic OH excluding ortho intramolecular Hbond substituents is 1. The summed E-state index contributed by atoms with van der Waals surface area (Å²) in [6.45, 7) is 9.09. The van der Waals surface area contributed by atoms with E-state index in [1.54, 1.807) is 0 Å². The van der Waals surface area contributed by atoms with Gasteiger partial charge in [-0.05, 0) is 36.0 Å². The van der Waals surface area contributed by atoms with Crippen LogP contribution in [0.3, 0.4) is 0 Å². The third-order valence-corrected chi connectivity index (χ3v) is 6.71. The first-order chi connectivity index (χ1) is 14.5. The molecule has 166 valence electrons. The lowest BCUT2D eigenvalue weighted by Gasteiger charge is -2.32. The van der Waals surface area contributed by atoms with Gasteiger partial charge in [0.2, 0.25) is 0 Å². The Morgan fingerprint density at radius 2 is 1.17 bits per heavy atom. The molecule has 0 aliphatic heterocycles. The zero-order valence-electron chi connectivity index (χ0n) is 19.9. The molecule has 1 heteroatoms. The smallest absolute Gasteiger partial charge is 0.119 e. The molecule has 1 unspecified atom stereocenters. The Morgan fingerprint density at radius 3 is 1.83 bits per heavy atom. The van der Waals surface area contributed by atoms with Crippen molar-refractivity contribution in [2.45, 2.75) is 110 Å². The van der Waals surface area contributed by atoms with Crippen molar-refractivity contribution in [1.82, 2.24) is 0 Å². The van der Waals surface area contributed by atoms with Gasteiger partial charge in [-0.3, -0.25) is 0 Å². The summed E-state index contributed by atoms with van der Waals surface area (Å²) in [4.78, 5) is 0. The molecule has 1 atom stereocenters. The van der Waals surface area contributed by atoms with Gasteiger partial charge < -0.3 is 5.11 Å². The van der Waals surface area contributed by atoms with Crippen LogP contribution >= 0.6 is 0 Å². The molecule has 0 amide bonds. The molecule has 1 N–H and O–H groups in total. The average molecular weight is 409 g/mol. The van der Waals surface area contributed by atoms with Gasteiger partial charge in [0, 0.05) is 11.0 Å². The highest BCUT2D eigenvalue weighted by molar-refractivity contribution is 5.48. The molecule has 0 bridgehead atoms. The highest BCUT2D eigenvalue weighted by atomic mass is 16.3. The van der Waals surface area contributed by atoms with Crippen LogP contribution in [0.15, 0.2) is 48.5 Å². The molecular weight excluding hydrogens is 364 g/mol. The third kappa shape index (κ3) is 6.89. The van der Waals surface area contributed by atoms with E-state index in [2.05, 4.69) is 58.0 Å². The van der Waals surface area contributed by atoms with Crippen LogP contribution in [0.25, 0.3) is 0 Å². The van der Waals surface area contributed by atoms with Crippen LogP contribution in [0, 0.1) is 0 Å². The van der Waals surface area contributed by atoms with Crippen LogP contribution in [0.1, 0.15) is 121 Å². The van der Waals surface area contributed by atoms with Crippen LogP contribution in [-0.2, 0) is 5.41 Å². The number of benzene rings is 2. The zero-order chi connectivity index (χ0) is 21.8. The maximum atomic E-state index is 10.6. The lowest BCUT2D eigenvalue weighted by atomic mass is 9.72. The van der Waals surface area contributed by atoms with Gasteiger partial charge in [0.25, 0.3) is 0 Å². The third-order valence-electron chi connectivity index (χ3n) is 6.71. The van der Waals surface area contributed by atoms with E-state index in [1.165, 1.54) is 81.8 Å². The van der Waals surface area contributed by atoms with Gasteiger partial charge in [-0.1, -0.05) is 128 Å². The molecule has 1 nitrogen and oxygen atoms in total. The molecule has 0 heterocycles. The summed E-state index contributed by atoms with van der Waals surface area (Å²) in [7, 11) is 0. The first-order valence-electron chi connectivity index (χ1n) is 12.4. The summed E-state index contributed by atoms with van der Waals surface area (Å²) >= 11 is 0. The van der Waals surface area contributed by atoms with Gasteiger partial charge in [-0.2, -0.15) is 0 Å². The second-order valence-corrected chi connectivity index (χ2v) is 9.48. The average Bonchev–Trinajstić information content (AvgIpc) is 2.75. The Balaban J connectivity index is 2.24. The molecule has 2 aromatic rings. The Hall–Kier alpha value is -1.76. The van der Waals surface area contributed by atoms with E-state index in [9.17, 15) is 5.11 Å². The summed E-state index contributed by atoms with van der Waals surface area (Å²) in [5.74, 6) is 1.01. The van der Waals surface area contributed by atoms with Gasteiger partial charge >= 0.3 is 0 Å². The van der Waals surface area contributed by atoms with E-state index in [0.29, 0.717) is 11.7 Å². The predicted molar refractivity (Wildman–Crippen MR) is 132 cm³/mol. The molecule has 30 heavy (non-hydrogen) atoms. The highest BCUT2D eigenvalue weighted by Crippen LogP contribution is 2.42. The van der Waals surface area contributed by atoms with Crippen LogP contribution in [0.2, 0.25) is 0 Å². The van der Waals surface area contributed by atoms with Gasteiger partial charge in [0.1, 0.15) is 5.75 Å². The van der Waals surface area contributed by atoms with E-state index >= 15 is 0 Å². The Morgan fingerprint density at radius 1 is 0.667 bits per heavy atom. The fourth-order valence-electron chi connectivity index (χ4n) is 4.84. The van der Waals surface area contributed by atoms with Crippen molar-refractivity contribution in [3.63, 3.8) is 0 Å². The number of unbranched alkanes of at least 4 members (excludes halogenated alkanes) is 7. The van der Waals surface area contributed by atoms with Gasteiger partial charge in [0.15, 0.2) is 0 Å². The van der Waals surface area contributed by atoms with Crippen molar-refractivity contribution in [2.24, 2.45) is 0 Å². The number of hydrogen-bond acceptors (Lipinski definition) is 1. The standard InChI is InChI=1S/C29H44O/c1-5-7-9-10-11-13-19-24(18-12-8-6-2)25-20-14-15-21-26(25)29(3,4)27-22-16-17-23-28(27)30/h14-17,20-24,30H,5-13,18-19H2,1-4H3. The maximum absolute atomic E-state index is 10.6. The van der Waals surface area contributed by atoms with E-state index in [-0.39, 0.29) is 5.41 Å². The van der Waals surface area contributed by atoms with E-state index in [0.717, 1.165) is 5.56 Å². The van der Waals surface area contributed by atoms with Crippen molar-refractivity contribution in [3.8, 4) is 5.75 Å². The molecule has 2 aromatic carbocycles. The SMILES string of the molecule is CCCCCCCCC(CCCCC)c1ccccc1C(C)(C)c1ccccc1O. The summed E-state index contributed by atoms with van der Waals surface area (Å²) in [6.07, 6.45) is 14.6. The van der Waals surface area contributed by atoms with Crippen LogP contribution in [0.5, 0.6) is 5.75 Å². The lowest BCUT2D eigenvalue weighted by Crippen LogP contribution is -2.22. The highest BCUT2D eigenvalue weighted by Gasteiger charge is 2.30. The fourth-order valence-corrected chi connectivity index (χ4v) is 4.84. The van der Waals surface area contributed by atoms with Crippen LogP contribution in [-0.4, -0.2) is 5.11 Å². The van der Waals surface area contributed by atoms with Crippen LogP contribution < -0.4 is 0 Å². The number of hydrogen-bond donors (Lipinski definition) is 1. The molecule has 0 aliphatic rings. The molecular formula is C29H44O. The lowest BCUT2D eigenvalue weighted by molar-refractivity contribution is 0.449. The minimum Gasteiger partial charge on any atom is -0.508 e. The Kier molecular flexibility index (Phi) is 10.5. The molecule has 2 rings (SSSR count). The molecule has 0 spiro atoms. The van der Waals surface area contributed by atoms with E-state index < -0.39 is 0 Å². The largest absolute Gasteiger partial charge is 0.508 e. The summed E-state index contributed by atoms with van der Waals surface area (Å²) in [5.41, 5.74) is 3.67. The van der Waals surface area contributed by atoms with Crippen LogP contribution in [0.4, 0.5) is 0 Å². The van der Waals surface area contributed by atoms with Crippen molar-refractivity contribution in [3.05, 3.63) is 65.2 Å². The first kappa shape index (κ1) is 24.5. The minimum absolute atomic E-state index is 0.216. The number of rotatable bonds is 14. The molecule has 0 saturated heterocycles. The summed E-state index contributed by atoms with van der Waals surface area (Å²) < 4.78 is 0. The second kappa shape index (κ2) is 12.8. The number of phenols is 1. The van der Waals surface area contributed by atoms with E-state index in [1.807, 2.05) is 18.2 Å². The molecule has 0 aliphatic carbocycles. The normalized spacial score (nSPS) is 12.8. The number of para-hydroxylation sites is 1. The van der Waals surface area contributed by atoms with E-state index in [4.69, 9.17) is 0 Å². The predicted octanol–water partition coefficient (Wildman–Crippen LogP) is 9.13. The topological polar surface area (TPSA) is 20.2 Å². The first-order valence-corrected chi connectivity index (χ1v) is 12.4. The van der Waals surface area contributed by atoms with Crippen molar-refractivity contribution < 1.29 is 5.11 Å². The van der Waals surface area contributed by atoms with Gasteiger partial charge in [-0.15, -0.1) is 0 Å². The number of aromatic hydroxyl groups is 1. The molecule has 0 saturated carbocycles. The monoisotopic (exact) mass is 408 g/mol. The minimum atomic E-state index is -0.216. The quantitative estimate of drug-likeness (QED) is 0.309.